The van der Waals surface area contributed by atoms with Gasteiger partial charge in [-0.15, -0.1) is 0 Å². The van der Waals surface area contributed by atoms with Crippen LogP contribution in [0.15, 0.2) is 12.2 Å². The minimum Gasteiger partial charge on any atom is -0.0914 e. The van der Waals surface area contributed by atoms with Crippen molar-refractivity contribution in [2.45, 2.75) is 104 Å². The molecule has 4 fully saturated rings. The molecule has 0 heteroatoms. The summed E-state index contributed by atoms with van der Waals surface area (Å²) in [6, 6.07) is 0. The van der Waals surface area contributed by atoms with Gasteiger partial charge in [0, 0.05) is 0 Å². The van der Waals surface area contributed by atoms with Gasteiger partial charge in [0.15, 0.2) is 0 Å². The van der Waals surface area contributed by atoms with E-state index in [9.17, 15) is 0 Å². The first-order valence-electron chi connectivity index (χ1n) is 12.4. The average Bonchev–Trinajstić information content (AvgIpc) is 3.38. The van der Waals surface area contributed by atoms with Crippen molar-refractivity contribution in [2.75, 3.05) is 0 Å². The number of rotatable bonds is 5. The van der Waals surface area contributed by atoms with Gasteiger partial charge in [0.05, 0.1) is 0 Å². The summed E-state index contributed by atoms with van der Waals surface area (Å²) >= 11 is 0. The van der Waals surface area contributed by atoms with E-state index in [-0.39, 0.29) is 0 Å². The Morgan fingerprint density at radius 3 is 1.50 bits per heavy atom. The Morgan fingerprint density at radius 2 is 1.08 bits per heavy atom. The second kappa shape index (κ2) is 8.83. The fourth-order valence-corrected chi connectivity index (χ4v) is 7.22. The molecular weight excluding hydrogens is 312 g/mol. The van der Waals surface area contributed by atoms with Crippen molar-refractivity contribution >= 4 is 0 Å². The SMILES string of the molecule is C/C=C/C1CCC(C2CCC(C3CCC(CC4CC4C)CC3)CC2)CC1. The molecule has 0 bridgehead atoms. The molecule has 26 heavy (non-hydrogen) atoms. The van der Waals surface area contributed by atoms with Gasteiger partial charge in [0.2, 0.25) is 0 Å². The maximum absolute atomic E-state index is 2.47. The molecule has 0 aromatic carbocycles. The summed E-state index contributed by atoms with van der Waals surface area (Å²) in [6.45, 7) is 4.65. The zero-order chi connectivity index (χ0) is 17.9. The van der Waals surface area contributed by atoms with Gasteiger partial charge in [0.25, 0.3) is 0 Å². The fraction of sp³-hybridized carbons (Fsp3) is 0.923. The van der Waals surface area contributed by atoms with Crippen molar-refractivity contribution < 1.29 is 0 Å². The first-order valence-corrected chi connectivity index (χ1v) is 12.4. The summed E-state index contributed by atoms with van der Waals surface area (Å²) < 4.78 is 0. The molecule has 0 aliphatic heterocycles. The number of hydrogen-bond acceptors (Lipinski definition) is 0. The van der Waals surface area contributed by atoms with Crippen LogP contribution >= 0.6 is 0 Å². The van der Waals surface area contributed by atoms with E-state index in [1.807, 2.05) is 0 Å². The predicted molar refractivity (Wildman–Crippen MR) is 113 cm³/mol. The molecule has 4 aliphatic carbocycles. The molecule has 4 rings (SSSR count). The van der Waals surface area contributed by atoms with Crippen LogP contribution < -0.4 is 0 Å². The van der Waals surface area contributed by atoms with E-state index in [0.29, 0.717) is 0 Å². The van der Waals surface area contributed by atoms with Crippen molar-refractivity contribution in [3.8, 4) is 0 Å². The minimum absolute atomic E-state index is 0.904. The van der Waals surface area contributed by atoms with E-state index in [2.05, 4.69) is 26.0 Å². The Hall–Kier alpha value is -0.260. The highest BCUT2D eigenvalue weighted by Gasteiger charge is 2.37. The highest BCUT2D eigenvalue weighted by atomic mass is 14.4. The fourth-order valence-electron chi connectivity index (χ4n) is 7.22. The molecule has 148 valence electrons. The molecule has 4 saturated carbocycles. The van der Waals surface area contributed by atoms with Gasteiger partial charge in [0.1, 0.15) is 0 Å². The molecule has 0 aromatic heterocycles. The van der Waals surface area contributed by atoms with Crippen LogP contribution in [0.4, 0.5) is 0 Å². The lowest BCUT2D eigenvalue weighted by Crippen LogP contribution is -2.29. The molecule has 0 nitrogen and oxygen atoms in total. The Labute approximate surface area is 163 Å². The monoisotopic (exact) mass is 356 g/mol. The summed E-state index contributed by atoms with van der Waals surface area (Å²) in [7, 11) is 0. The van der Waals surface area contributed by atoms with Gasteiger partial charge < -0.3 is 0 Å². The molecule has 0 saturated heterocycles. The van der Waals surface area contributed by atoms with Gasteiger partial charge in [-0.2, -0.15) is 0 Å². The Kier molecular flexibility index (Phi) is 6.48. The molecule has 4 aliphatic rings. The molecule has 0 radical (unpaired) electrons. The van der Waals surface area contributed by atoms with E-state index < -0.39 is 0 Å². The van der Waals surface area contributed by atoms with Crippen LogP contribution in [0.25, 0.3) is 0 Å². The van der Waals surface area contributed by atoms with Crippen LogP contribution in [0.1, 0.15) is 104 Å². The maximum Gasteiger partial charge on any atom is -0.0233 e. The summed E-state index contributed by atoms with van der Waals surface area (Å²) in [4.78, 5) is 0. The van der Waals surface area contributed by atoms with Crippen molar-refractivity contribution in [1.29, 1.82) is 0 Å². The van der Waals surface area contributed by atoms with Crippen molar-refractivity contribution in [3.63, 3.8) is 0 Å². The summed E-state index contributed by atoms with van der Waals surface area (Å²) in [5.41, 5.74) is 0. The van der Waals surface area contributed by atoms with Gasteiger partial charge in [-0.3, -0.25) is 0 Å². The van der Waals surface area contributed by atoms with Crippen LogP contribution in [0.2, 0.25) is 0 Å². The first kappa shape index (κ1) is 19.1. The van der Waals surface area contributed by atoms with Crippen LogP contribution in [-0.4, -0.2) is 0 Å². The lowest BCUT2D eigenvalue weighted by molar-refractivity contribution is 0.106. The molecular formula is C26H44. The molecule has 0 N–H and O–H groups in total. The van der Waals surface area contributed by atoms with E-state index in [1.165, 1.54) is 25.7 Å². The number of hydrogen-bond donors (Lipinski definition) is 0. The quantitative estimate of drug-likeness (QED) is 0.437. The van der Waals surface area contributed by atoms with Crippen molar-refractivity contribution in [3.05, 3.63) is 12.2 Å². The molecule has 2 unspecified atom stereocenters. The van der Waals surface area contributed by atoms with Crippen molar-refractivity contribution in [2.24, 2.45) is 47.3 Å². The van der Waals surface area contributed by atoms with Gasteiger partial charge in [-0.25, -0.2) is 0 Å². The standard InChI is InChI=1S/C26H44/c1-3-4-20-5-9-22(10-6-20)24-13-15-25(16-14-24)23-11-7-21(8-12-23)18-26-17-19(26)2/h3-4,19-26H,5-18H2,1-2H3/b4-3+. The zero-order valence-corrected chi connectivity index (χ0v) is 17.7. The molecule has 0 amide bonds. The predicted octanol–water partition coefficient (Wildman–Crippen LogP) is 8.03. The lowest BCUT2D eigenvalue weighted by Gasteiger charge is -2.41. The topological polar surface area (TPSA) is 0 Å². The first-order chi connectivity index (χ1) is 12.7. The van der Waals surface area contributed by atoms with E-state index >= 15 is 0 Å². The second-order valence-corrected chi connectivity index (χ2v) is 10.9. The Balaban J connectivity index is 1.15. The third-order valence-corrected chi connectivity index (χ3v) is 9.23. The zero-order valence-electron chi connectivity index (χ0n) is 17.7. The smallest absolute Gasteiger partial charge is 0.0233 e. The summed E-state index contributed by atoms with van der Waals surface area (Å²) in [5, 5.41) is 0. The van der Waals surface area contributed by atoms with Gasteiger partial charge in [-0.1, -0.05) is 31.9 Å². The number of allylic oxidation sites excluding steroid dienone is 2. The molecule has 0 aromatic rings. The second-order valence-electron chi connectivity index (χ2n) is 10.9. The van der Waals surface area contributed by atoms with Crippen LogP contribution in [0.3, 0.4) is 0 Å². The largest absolute Gasteiger partial charge is 0.0914 e. The molecule has 0 heterocycles. The summed E-state index contributed by atoms with van der Waals surface area (Å²) in [5.74, 6) is 8.57. The van der Waals surface area contributed by atoms with Crippen LogP contribution in [0.5, 0.6) is 0 Å². The summed E-state index contributed by atoms with van der Waals surface area (Å²) in [6.07, 6.45) is 26.5. The van der Waals surface area contributed by atoms with E-state index in [1.54, 1.807) is 64.2 Å². The van der Waals surface area contributed by atoms with Crippen LogP contribution in [-0.2, 0) is 0 Å². The van der Waals surface area contributed by atoms with Crippen molar-refractivity contribution in [1.82, 2.24) is 0 Å². The van der Waals surface area contributed by atoms with Gasteiger partial charge in [-0.05, 0) is 131 Å². The lowest BCUT2D eigenvalue weighted by atomic mass is 9.65. The molecule has 2 atom stereocenters. The van der Waals surface area contributed by atoms with E-state index in [4.69, 9.17) is 0 Å². The minimum atomic E-state index is 0.904. The highest BCUT2D eigenvalue weighted by molar-refractivity contribution is 4.92. The van der Waals surface area contributed by atoms with E-state index in [0.717, 1.165) is 47.3 Å². The average molecular weight is 357 g/mol. The van der Waals surface area contributed by atoms with Gasteiger partial charge >= 0.3 is 0 Å². The Bertz CT molecular complexity index is 439. The van der Waals surface area contributed by atoms with Crippen LogP contribution in [0, 0.1) is 47.3 Å². The molecule has 0 spiro atoms. The maximum atomic E-state index is 2.47. The normalized spacial score (nSPS) is 47.2. The Morgan fingerprint density at radius 1 is 0.654 bits per heavy atom. The third kappa shape index (κ3) is 4.77. The highest BCUT2D eigenvalue weighted by Crippen LogP contribution is 2.49. The third-order valence-electron chi connectivity index (χ3n) is 9.23.